The van der Waals surface area contributed by atoms with Gasteiger partial charge in [0.1, 0.15) is 17.3 Å². The molecule has 0 fully saturated rings. The van der Waals surface area contributed by atoms with E-state index in [0.29, 0.717) is 16.7 Å². The molecule has 0 spiro atoms. The number of ether oxygens (including phenoxy) is 2. The van der Waals surface area contributed by atoms with E-state index in [2.05, 4.69) is 0 Å². The van der Waals surface area contributed by atoms with Crippen LogP contribution in [0.5, 0.6) is 17.2 Å². The van der Waals surface area contributed by atoms with E-state index in [-0.39, 0.29) is 36.0 Å². The third-order valence-corrected chi connectivity index (χ3v) is 7.74. The minimum absolute atomic E-state index is 0.155. The minimum atomic E-state index is -2.40. The van der Waals surface area contributed by atoms with Gasteiger partial charge in [-0.05, 0) is 47.9 Å². The molecule has 0 bridgehead atoms. The number of rotatable bonds is 11. The molecule has 1 N–H and O–H groups in total. The molecule has 4 aromatic carbocycles. The summed E-state index contributed by atoms with van der Waals surface area (Å²) in [6.07, 6.45) is 1.59. The van der Waals surface area contributed by atoms with Crippen LogP contribution in [0.1, 0.15) is 29.7 Å². The van der Waals surface area contributed by atoms with Gasteiger partial charge in [-0.1, -0.05) is 66.7 Å². The fourth-order valence-corrected chi connectivity index (χ4v) is 5.63. The van der Waals surface area contributed by atoms with E-state index in [9.17, 15) is 22.3 Å². The van der Waals surface area contributed by atoms with Crippen molar-refractivity contribution >= 4 is 11.3 Å². The molecule has 1 aromatic heterocycles. The number of benzene rings is 4. The first kappa shape index (κ1) is 30.8. The Labute approximate surface area is 256 Å². The number of nitrogens with zero attached hydrogens (tertiary/aromatic N) is 2. The highest BCUT2D eigenvalue weighted by Crippen LogP contribution is 2.42. The van der Waals surface area contributed by atoms with E-state index in [4.69, 9.17) is 9.47 Å². The number of aryl methyl sites for hydroxylation is 1. The van der Waals surface area contributed by atoms with Crippen molar-refractivity contribution in [3.63, 3.8) is 0 Å². The molecule has 5 rings (SSSR count). The molecule has 2 unspecified atom stereocenters. The first-order chi connectivity index (χ1) is 21.2. The summed E-state index contributed by atoms with van der Waals surface area (Å²) < 4.78 is 66.5. The van der Waals surface area contributed by atoms with E-state index in [1.165, 1.54) is 21.0 Å². The van der Waals surface area contributed by atoms with Crippen molar-refractivity contribution in [3.8, 4) is 28.4 Å². The highest BCUT2D eigenvalue weighted by Gasteiger charge is 2.28. The van der Waals surface area contributed by atoms with Crippen LogP contribution in [0.4, 0.5) is 8.78 Å². The van der Waals surface area contributed by atoms with Crippen LogP contribution in [0, 0.1) is 11.6 Å². The second-order valence-corrected chi connectivity index (χ2v) is 10.9. The highest BCUT2D eigenvalue weighted by molar-refractivity contribution is 7.76. The van der Waals surface area contributed by atoms with Crippen LogP contribution in [0.25, 0.3) is 11.1 Å². The summed E-state index contributed by atoms with van der Waals surface area (Å²) in [7, 11) is 1.59. The molecule has 5 aromatic rings. The zero-order valence-electron chi connectivity index (χ0n) is 24.0. The summed E-state index contributed by atoms with van der Waals surface area (Å²) in [5.41, 5.74) is 2.80. The molecule has 2 atom stereocenters. The van der Waals surface area contributed by atoms with Gasteiger partial charge in [0.05, 0.1) is 12.6 Å². The first-order valence-corrected chi connectivity index (χ1v) is 14.9. The third kappa shape index (κ3) is 6.94. The first-order valence-electron chi connectivity index (χ1n) is 13.8. The average molecular weight is 617 g/mol. The van der Waals surface area contributed by atoms with Gasteiger partial charge in [-0.2, -0.15) is 4.31 Å². The lowest BCUT2D eigenvalue weighted by molar-refractivity contribution is 0.339. The van der Waals surface area contributed by atoms with Gasteiger partial charge in [-0.25, -0.2) is 13.0 Å². The molecule has 7 nitrogen and oxygen atoms in total. The predicted molar refractivity (Wildman–Crippen MR) is 166 cm³/mol. The van der Waals surface area contributed by atoms with E-state index < -0.39 is 28.9 Å². The van der Waals surface area contributed by atoms with Crippen molar-refractivity contribution in [1.29, 1.82) is 0 Å². The van der Waals surface area contributed by atoms with Gasteiger partial charge in [0, 0.05) is 43.0 Å². The Balaban J connectivity index is 1.73. The Bertz CT molecular complexity index is 1830. The molecular weight excluding hydrogens is 586 g/mol. The largest absolute Gasteiger partial charge is 0.493 e. The number of aromatic nitrogens is 1. The molecular formula is C34H30F2N2O5S. The molecule has 226 valence electrons. The minimum Gasteiger partial charge on any atom is -0.493 e. The highest BCUT2D eigenvalue weighted by atomic mass is 32.2. The lowest BCUT2D eigenvalue weighted by Crippen LogP contribution is -2.31. The van der Waals surface area contributed by atoms with Gasteiger partial charge in [0.2, 0.25) is 11.3 Å². The van der Waals surface area contributed by atoms with Crippen molar-refractivity contribution < 1.29 is 27.0 Å². The summed E-state index contributed by atoms with van der Waals surface area (Å²) >= 11 is -2.40. The van der Waals surface area contributed by atoms with Crippen LogP contribution in [0.3, 0.4) is 0 Å². The topological polar surface area (TPSA) is 81.0 Å². The second kappa shape index (κ2) is 13.8. The monoisotopic (exact) mass is 616 g/mol. The average Bonchev–Trinajstić information content (AvgIpc) is 3.01. The zero-order chi connectivity index (χ0) is 31.2. The van der Waals surface area contributed by atoms with Crippen LogP contribution in [-0.4, -0.2) is 24.2 Å². The predicted octanol–water partition coefficient (Wildman–Crippen LogP) is 7.25. The van der Waals surface area contributed by atoms with E-state index in [1.807, 2.05) is 60.7 Å². The molecule has 0 aliphatic rings. The van der Waals surface area contributed by atoms with Crippen molar-refractivity contribution in [2.24, 2.45) is 7.05 Å². The van der Waals surface area contributed by atoms with Crippen LogP contribution in [0.15, 0.2) is 114 Å². The number of halogens is 2. The van der Waals surface area contributed by atoms with E-state index in [0.717, 1.165) is 23.3 Å². The fourth-order valence-electron chi connectivity index (χ4n) is 4.94. The van der Waals surface area contributed by atoms with Crippen LogP contribution < -0.4 is 15.0 Å². The number of hydrogen-bond donors (Lipinski definition) is 1. The third-order valence-electron chi connectivity index (χ3n) is 7.00. The van der Waals surface area contributed by atoms with Gasteiger partial charge in [-0.15, -0.1) is 0 Å². The van der Waals surface area contributed by atoms with Gasteiger partial charge in [0.15, 0.2) is 11.6 Å². The molecule has 0 saturated carbocycles. The summed E-state index contributed by atoms with van der Waals surface area (Å²) in [6.45, 7) is 2.21. The molecule has 0 aliphatic heterocycles. The molecule has 0 amide bonds. The Morgan fingerprint density at radius 1 is 0.841 bits per heavy atom. The summed E-state index contributed by atoms with van der Waals surface area (Å²) in [6, 6.07) is 27.4. The number of hydrogen-bond acceptors (Lipinski definition) is 4. The molecule has 0 radical (unpaired) electrons. The van der Waals surface area contributed by atoms with Crippen LogP contribution in [0.2, 0.25) is 0 Å². The maximum atomic E-state index is 14.7. The maximum Gasteiger partial charge on any atom is 0.254 e. The smallest absolute Gasteiger partial charge is 0.254 e. The van der Waals surface area contributed by atoms with Gasteiger partial charge >= 0.3 is 0 Å². The van der Waals surface area contributed by atoms with Gasteiger partial charge in [-0.3, -0.25) is 9.35 Å². The molecule has 0 aliphatic carbocycles. The Kier molecular flexibility index (Phi) is 9.64. The summed E-state index contributed by atoms with van der Waals surface area (Å²) in [5, 5.41) is 0. The molecule has 10 heteroatoms. The Morgan fingerprint density at radius 3 is 2.18 bits per heavy atom. The van der Waals surface area contributed by atoms with Gasteiger partial charge < -0.3 is 14.0 Å². The summed E-state index contributed by atoms with van der Waals surface area (Å²) in [4.78, 5) is 12.5. The Morgan fingerprint density at radius 2 is 1.52 bits per heavy atom. The zero-order valence-corrected chi connectivity index (χ0v) is 24.8. The summed E-state index contributed by atoms with van der Waals surface area (Å²) in [5.74, 6) is -1.36. The molecule has 1 heterocycles. The fraction of sp³-hybridized carbons (Fsp3) is 0.147. The standard InChI is InChI=1S/C34H30F2N2O5S/c1-3-42-32-20-33(39)37(2)22-28(32)27-18-25(14-16-30(27)43-31-17-15-26(35)19-29(31)36)34(24-12-8-5-9-13-24)38(44(40)41)21-23-10-6-4-7-11-23/h4-20,22,34H,3,21H2,1-2H3,(H,40,41). The van der Waals surface area contributed by atoms with Crippen LogP contribution in [-0.2, 0) is 24.9 Å². The molecule has 0 saturated heterocycles. The van der Waals surface area contributed by atoms with E-state index >= 15 is 0 Å². The van der Waals surface area contributed by atoms with E-state index in [1.54, 1.807) is 38.4 Å². The van der Waals surface area contributed by atoms with Crippen molar-refractivity contribution in [2.75, 3.05) is 6.61 Å². The van der Waals surface area contributed by atoms with Crippen molar-refractivity contribution in [1.82, 2.24) is 8.87 Å². The normalized spacial score (nSPS) is 12.6. The Hall–Kier alpha value is -4.64. The lowest BCUT2D eigenvalue weighted by Gasteiger charge is -2.30. The van der Waals surface area contributed by atoms with Crippen molar-refractivity contribution in [3.05, 3.63) is 148 Å². The van der Waals surface area contributed by atoms with Crippen LogP contribution >= 0.6 is 0 Å². The number of pyridine rings is 1. The molecule has 44 heavy (non-hydrogen) atoms. The van der Waals surface area contributed by atoms with Crippen molar-refractivity contribution in [2.45, 2.75) is 19.5 Å². The quantitative estimate of drug-likeness (QED) is 0.158. The maximum absolute atomic E-state index is 14.7. The SMILES string of the molecule is CCOc1cc(=O)n(C)cc1-c1cc(C(c2ccccc2)N(Cc2ccccc2)S(=O)O)ccc1Oc1ccc(F)cc1F. The lowest BCUT2D eigenvalue weighted by atomic mass is 9.94. The van der Waals surface area contributed by atoms with Gasteiger partial charge in [0.25, 0.3) is 5.56 Å². The second-order valence-electron chi connectivity index (χ2n) is 9.97.